The topological polar surface area (TPSA) is 47.3 Å². The largest absolute Gasteiger partial charge is 0.497 e. The molecule has 1 aromatic carbocycles. The van der Waals surface area contributed by atoms with E-state index in [2.05, 4.69) is 5.10 Å². The predicted octanol–water partition coefficient (Wildman–Crippen LogP) is 3.29. The molecule has 1 unspecified atom stereocenters. The highest BCUT2D eigenvalue weighted by Gasteiger charge is 2.20. The van der Waals surface area contributed by atoms with Crippen LogP contribution in [0.1, 0.15) is 30.0 Å². The van der Waals surface area contributed by atoms with Gasteiger partial charge >= 0.3 is 0 Å². The van der Waals surface area contributed by atoms with Crippen LogP contribution < -0.4 is 4.74 Å². The molecule has 0 amide bonds. The molecule has 0 saturated carbocycles. The average Bonchev–Trinajstić information content (AvgIpc) is 2.74. The lowest BCUT2D eigenvalue weighted by Crippen LogP contribution is -2.10. The summed E-state index contributed by atoms with van der Waals surface area (Å²) < 4.78 is 20.7. The zero-order valence-corrected chi connectivity index (χ0v) is 13.0. The molecule has 4 nitrogen and oxygen atoms in total. The van der Waals surface area contributed by atoms with E-state index in [1.807, 2.05) is 6.92 Å². The van der Waals surface area contributed by atoms with E-state index in [-0.39, 0.29) is 12.0 Å². The Morgan fingerprint density at radius 3 is 2.76 bits per heavy atom. The minimum atomic E-state index is -0.991. The van der Waals surface area contributed by atoms with Crippen LogP contribution in [-0.2, 0) is 13.0 Å². The maximum Gasteiger partial charge on any atom is 0.132 e. The Hall–Kier alpha value is -1.59. The molecule has 0 aliphatic carbocycles. The second kappa shape index (κ2) is 6.45. The van der Waals surface area contributed by atoms with Gasteiger partial charge in [0, 0.05) is 24.6 Å². The number of aliphatic hydroxyl groups excluding tert-OH is 1. The van der Waals surface area contributed by atoms with E-state index in [9.17, 15) is 9.50 Å². The summed E-state index contributed by atoms with van der Waals surface area (Å²) in [5, 5.41) is 15.1. The van der Waals surface area contributed by atoms with Gasteiger partial charge in [-0.1, -0.05) is 11.6 Å². The van der Waals surface area contributed by atoms with Crippen molar-refractivity contribution in [1.29, 1.82) is 0 Å². The normalized spacial score (nSPS) is 12.5. The fourth-order valence-corrected chi connectivity index (χ4v) is 2.47. The van der Waals surface area contributed by atoms with Crippen molar-refractivity contribution in [2.75, 3.05) is 7.11 Å². The van der Waals surface area contributed by atoms with Gasteiger partial charge < -0.3 is 9.84 Å². The van der Waals surface area contributed by atoms with Crippen molar-refractivity contribution in [2.45, 2.75) is 32.9 Å². The smallest absolute Gasteiger partial charge is 0.132 e. The Bertz CT molecular complexity index is 643. The molecule has 1 aromatic heterocycles. The molecule has 1 N–H and O–H groups in total. The summed E-state index contributed by atoms with van der Waals surface area (Å²) in [7, 11) is 1.47. The lowest BCUT2D eigenvalue weighted by Gasteiger charge is -2.14. The van der Waals surface area contributed by atoms with E-state index in [1.54, 1.807) is 17.7 Å². The predicted molar refractivity (Wildman–Crippen MR) is 79.3 cm³/mol. The Morgan fingerprint density at radius 2 is 2.19 bits per heavy atom. The molecule has 0 bridgehead atoms. The van der Waals surface area contributed by atoms with Gasteiger partial charge in [-0.05, 0) is 26.0 Å². The van der Waals surface area contributed by atoms with Gasteiger partial charge in [-0.25, -0.2) is 4.39 Å². The second-order valence-corrected chi connectivity index (χ2v) is 5.15. The quantitative estimate of drug-likeness (QED) is 0.921. The third kappa shape index (κ3) is 3.19. The van der Waals surface area contributed by atoms with Gasteiger partial charge in [-0.3, -0.25) is 4.68 Å². The summed E-state index contributed by atoms with van der Waals surface area (Å²) in [6.07, 6.45) is -0.786. The van der Waals surface area contributed by atoms with Gasteiger partial charge in [0.1, 0.15) is 11.6 Å². The standard InChI is InChI=1S/C15H18ClFN2O2/c1-4-19-13(15(16)9(2)18-19)8-14(20)11-6-5-10(21-3)7-12(11)17/h5-7,14,20H,4,8H2,1-3H3. The van der Waals surface area contributed by atoms with Crippen LogP contribution in [0.3, 0.4) is 0 Å². The van der Waals surface area contributed by atoms with Crippen LogP contribution >= 0.6 is 11.6 Å². The number of methoxy groups -OCH3 is 1. The SMILES string of the molecule is CCn1nc(C)c(Cl)c1CC(O)c1ccc(OC)cc1F. The molecule has 6 heteroatoms. The number of hydrogen-bond donors (Lipinski definition) is 1. The minimum Gasteiger partial charge on any atom is -0.497 e. The van der Waals surface area contributed by atoms with Gasteiger partial charge in [-0.2, -0.15) is 5.10 Å². The number of halogens is 2. The molecule has 0 spiro atoms. The number of aliphatic hydroxyl groups is 1. The first-order valence-electron chi connectivity index (χ1n) is 6.71. The Kier molecular flexibility index (Phi) is 4.85. The monoisotopic (exact) mass is 312 g/mol. The number of hydrogen-bond acceptors (Lipinski definition) is 3. The van der Waals surface area contributed by atoms with Crippen LogP contribution in [-0.4, -0.2) is 22.0 Å². The third-order valence-corrected chi connectivity index (χ3v) is 3.90. The molecule has 2 rings (SSSR count). The van der Waals surface area contributed by atoms with E-state index < -0.39 is 11.9 Å². The fourth-order valence-electron chi connectivity index (χ4n) is 2.26. The van der Waals surface area contributed by atoms with Crippen molar-refractivity contribution >= 4 is 11.6 Å². The number of aryl methyl sites for hydroxylation is 2. The van der Waals surface area contributed by atoms with Crippen molar-refractivity contribution < 1.29 is 14.2 Å². The Balaban J connectivity index is 2.28. The molecular weight excluding hydrogens is 295 g/mol. The lowest BCUT2D eigenvalue weighted by molar-refractivity contribution is 0.170. The number of aromatic nitrogens is 2. The molecule has 0 aliphatic rings. The van der Waals surface area contributed by atoms with Crippen molar-refractivity contribution in [3.8, 4) is 5.75 Å². The first-order valence-corrected chi connectivity index (χ1v) is 7.09. The molecule has 0 fully saturated rings. The number of ether oxygens (including phenoxy) is 1. The van der Waals surface area contributed by atoms with Crippen LogP contribution in [0, 0.1) is 12.7 Å². The number of benzene rings is 1. The van der Waals surface area contributed by atoms with Crippen LogP contribution in [0.5, 0.6) is 5.75 Å². The molecule has 0 saturated heterocycles. The second-order valence-electron chi connectivity index (χ2n) is 4.77. The summed E-state index contributed by atoms with van der Waals surface area (Å²) in [6.45, 7) is 4.38. The molecule has 0 aliphatic heterocycles. The summed E-state index contributed by atoms with van der Waals surface area (Å²) >= 11 is 6.20. The zero-order chi connectivity index (χ0) is 15.6. The molecule has 2 aromatic rings. The van der Waals surface area contributed by atoms with E-state index in [0.29, 0.717) is 28.7 Å². The number of rotatable bonds is 5. The van der Waals surface area contributed by atoms with Crippen LogP contribution in [0.4, 0.5) is 4.39 Å². The summed E-state index contributed by atoms with van der Waals surface area (Å²) in [5.74, 6) is -0.0896. The highest BCUT2D eigenvalue weighted by molar-refractivity contribution is 6.31. The van der Waals surface area contributed by atoms with Crippen molar-refractivity contribution in [3.63, 3.8) is 0 Å². The molecular formula is C15H18ClFN2O2. The van der Waals surface area contributed by atoms with Gasteiger partial charge in [0.15, 0.2) is 0 Å². The Labute approximate surface area is 128 Å². The lowest BCUT2D eigenvalue weighted by atomic mass is 10.0. The highest BCUT2D eigenvalue weighted by atomic mass is 35.5. The summed E-state index contributed by atoms with van der Waals surface area (Å²) in [4.78, 5) is 0. The van der Waals surface area contributed by atoms with Crippen molar-refractivity contribution in [2.24, 2.45) is 0 Å². The molecule has 1 atom stereocenters. The van der Waals surface area contributed by atoms with Gasteiger partial charge in [0.25, 0.3) is 0 Å². The summed E-state index contributed by atoms with van der Waals surface area (Å²) in [5.41, 5.74) is 1.63. The molecule has 114 valence electrons. The van der Waals surface area contributed by atoms with E-state index in [4.69, 9.17) is 16.3 Å². The third-order valence-electron chi connectivity index (χ3n) is 3.41. The van der Waals surface area contributed by atoms with E-state index in [1.165, 1.54) is 19.2 Å². The summed E-state index contributed by atoms with van der Waals surface area (Å²) in [6, 6.07) is 4.39. The van der Waals surface area contributed by atoms with Crippen LogP contribution in [0.25, 0.3) is 0 Å². The molecule has 0 radical (unpaired) electrons. The highest BCUT2D eigenvalue weighted by Crippen LogP contribution is 2.28. The van der Waals surface area contributed by atoms with Crippen molar-refractivity contribution in [1.82, 2.24) is 9.78 Å². The minimum absolute atomic E-state index is 0.205. The van der Waals surface area contributed by atoms with Crippen LogP contribution in [0.2, 0.25) is 5.02 Å². The zero-order valence-electron chi connectivity index (χ0n) is 12.2. The number of nitrogens with zero attached hydrogens (tertiary/aromatic N) is 2. The Morgan fingerprint density at radius 1 is 1.48 bits per heavy atom. The van der Waals surface area contributed by atoms with Crippen LogP contribution in [0.15, 0.2) is 18.2 Å². The van der Waals surface area contributed by atoms with Gasteiger partial charge in [0.05, 0.1) is 29.6 Å². The maximum atomic E-state index is 14.0. The molecule has 21 heavy (non-hydrogen) atoms. The van der Waals surface area contributed by atoms with Crippen molar-refractivity contribution in [3.05, 3.63) is 46.0 Å². The van der Waals surface area contributed by atoms with E-state index >= 15 is 0 Å². The van der Waals surface area contributed by atoms with Gasteiger partial charge in [-0.15, -0.1) is 0 Å². The first kappa shape index (κ1) is 15.8. The van der Waals surface area contributed by atoms with Gasteiger partial charge in [0.2, 0.25) is 0 Å². The maximum absolute atomic E-state index is 14.0. The van der Waals surface area contributed by atoms with E-state index in [0.717, 1.165) is 0 Å². The fraction of sp³-hybridized carbons (Fsp3) is 0.400. The first-order chi connectivity index (χ1) is 9.97. The average molecular weight is 313 g/mol. The molecule has 1 heterocycles.